The standard InChI is InChI=1S/C11H15FN2O3S/c12-8-1-2-11(10(13)7-8)18(16,17)14-5-3-9(15)4-6-14/h1-2,7,9,15H,3-6,13H2. The zero-order valence-corrected chi connectivity index (χ0v) is 10.5. The van der Waals surface area contributed by atoms with E-state index in [0.717, 1.165) is 12.1 Å². The van der Waals surface area contributed by atoms with Crippen LogP contribution in [0.4, 0.5) is 10.1 Å². The molecule has 2 rings (SSSR count). The van der Waals surface area contributed by atoms with Gasteiger partial charge < -0.3 is 10.8 Å². The van der Waals surface area contributed by atoms with Crippen LogP contribution in [0.2, 0.25) is 0 Å². The number of anilines is 1. The number of nitrogen functional groups attached to an aromatic ring is 1. The van der Waals surface area contributed by atoms with Gasteiger partial charge in [0.25, 0.3) is 0 Å². The average Bonchev–Trinajstić information content (AvgIpc) is 2.29. The lowest BCUT2D eigenvalue weighted by molar-refractivity contribution is 0.113. The Morgan fingerprint density at radius 2 is 1.94 bits per heavy atom. The molecule has 100 valence electrons. The fourth-order valence-corrected chi connectivity index (χ4v) is 3.54. The Bertz CT molecular complexity index is 539. The van der Waals surface area contributed by atoms with Crippen LogP contribution in [0.1, 0.15) is 12.8 Å². The zero-order valence-electron chi connectivity index (χ0n) is 9.71. The van der Waals surface area contributed by atoms with Gasteiger partial charge in [-0.25, -0.2) is 12.8 Å². The second-order valence-corrected chi connectivity index (χ2v) is 6.22. The number of nitrogens with two attached hydrogens (primary N) is 1. The number of aliphatic hydroxyl groups is 1. The minimum Gasteiger partial charge on any atom is -0.398 e. The molecule has 1 aliphatic heterocycles. The van der Waals surface area contributed by atoms with Crippen molar-refractivity contribution in [1.82, 2.24) is 4.31 Å². The molecule has 0 spiro atoms. The van der Waals surface area contributed by atoms with E-state index in [2.05, 4.69) is 0 Å². The smallest absolute Gasteiger partial charge is 0.245 e. The molecule has 1 heterocycles. The van der Waals surface area contributed by atoms with E-state index in [1.165, 1.54) is 10.4 Å². The predicted molar refractivity (Wildman–Crippen MR) is 64.8 cm³/mol. The van der Waals surface area contributed by atoms with Gasteiger partial charge in [0.05, 0.1) is 11.8 Å². The van der Waals surface area contributed by atoms with Gasteiger partial charge in [-0.1, -0.05) is 0 Å². The average molecular weight is 274 g/mol. The molecular formula is C11H15FN2O3S. The van der Waals surface area contributed by atoms with E-state index in [9.17, 15) is 17.9 Å². The summed E-state index contributed by atoms with van der Waals surface area (Å²) in [5.74, 6) is -0.569. The number of aliphatic hydroxyl groups excluding tert-OH is 1. The summed E-state index contributed by atoms with van der Waals surface area (Å²) in [6, 6.07) is 3.23. The molecule has 18 heavy (non-hydrogen) atoms. The van der Waals surface area contributed by atoms with Crippen LogP contribution >= 0.6 is 0 Å². The quantitative estimate of drug-likeness (QED) is 0.772. The summed E-state index contributed by atoms with van der Waals surface area (Å²) in [6.07, 6.45) is 0.350. The third-order valence-corrected chi connectivity index (χ3v) is 4.99. The van der Waals surface area contributed by atoms with E-state index in [0.29, 0.717) is 12.8 Å². The van der Waals surface area contributed by atoms with Crippen molar-refractivity contribution < 1.29 is 17.9 Å². The van der Waals surface area contributed by atoms with Crippen molar-refractivity contribution in [2.24, 2.45) is 0 Å². The van der Waals surface area contributed by atoms with Gasteiger partial charge in [0, 0.05) is 13.1 Å². The molecule has 7 heteroatoms. The topological polar surface area (TPSA) is 83.6 Å². The first-order valence-corrected chi connectivity index (χ1v) is 7.08. The molecule has 0 aliphatic carbocycles. The van der Waals surface area contributed by atoms with Crippen LogP contribution in [0.25, 0.3) is 0 Å². The Morgan fingerprint density at radius 3 is 2.50 bits per heavy atom. The minimum absolute atomic E-state index is 0.0831. The Balaban J connectivity index is 2.30. The third-order valence-electron chi connectivity index (χ3n) is 3.01. The summed E-state index contributed by atoms with van der Waals surface area (Å²) in [5, 5.41) is 9.36. The number of benzene rings is 1. The van der Waals surface area contributed by atoms with Gasteiger partial charge in [-0.3, -0.25) is 0 Å². The van der Waals surface area contributed by atoms with Gasteiger partial charge in [0.2, 0.25) is 10.0 Å². The lowest BCUT2D eigenvalue weighted by Gasteiger charge is -2.29. The lowest BCUT2D eigenvalue weighted by Crippen LogP contribution is -2.40. The second-order valence-electron chi connectivity index (χ2n) is 4.32. The van der Waals surface area contributed by atoms with Crippen LogP contribution in [0.15, 0.2) is 23.1 Å². The number of sulfonamides is 1. The number of hydrogen-bond donors (Lipinski definition) is 2. The molecule has 1 aromatic carbocycles. The Labute approximate surface area is 105 Å². The first kappa shape index (κ1) is 13.3. The molecule has 0 amide bonds. The minimum atomic E-state index is -3.70. The summed E-state index contributed by atoms with van der Waals surface area (Å²) < 4.78 is 38.7. The number of nitrogens with zero attached hydrogens (tertiary/aromatic N) is 1. The largest absolute Gasteiger partial charge is 0.398 e. The summed E-state index contributed by atoms with van der Waals surface area (Å²) in [5.41, 5.74) is 5.45. The number of hydrogen-bond acceptors (Lipinski definition) is 4. The monoisotopic (exact) mass is 274 g/mol. The maximum absolute atomic E-state index is 12.9. The molecule has 1 fully saturated rings. The molecule has 1 aromatic rings. The fourth-order valence-electron chi connectivity index (χ4n) is 1.98. The van der Waals surface area contributed by atoms with Crippen LogP contribution < -0.4 is 5.73 Å². The van der Waals surface area contributed by atoms with Gasteiger partial charge in [0.1, 0.15) is 10.7 Å². The maximum atomic E-state index is 12.9. The lowest BCUT2D eigenvalue weighted by atomic mass is 10.1. The summed E-state index contributed by atoms with van der Waals surface area (Å²) in [7, 11) is -3.70. The zero-order chi connectivity index (χ0) is 13.3. The highest BCUT2D eigenvalue weighted by atomic mass is 32.2. The molecule has 0 atom stereocenters. The predicted octanol–water partition coefficient (Wildman–Crippen LogP) is 0.553. The fraction of sp³-hybridized carbons (Fsp3) is 0.455. The molecule has 3 N–H and O–H groups in total. The molecule has 0 aromatic heterocycles. The van der Waals surface area contributed by atoms with Crippen molar-refractivity contribution in [3.8, 4) is 0 Å². The van der Waals surface area contributed by atoms with Gasteiger partial charge in [0.15, 0.2) is 0 Å². The van der Waals surface area contributed by atoms with Crippen LogP contribution in [0.3, 0.4) is 0 Å². The SMILES string of the molecule is Nc1cc(F)ccc1S(=O)(=O)N1CCC(O)CC1. The molecule has 0 bridgehead atoms. The normalized spacial score (nSPS) is 19.0. The van der Waals surface area contributed by atoms with Crippen molar-refractivity contribution in [2.45, 2.75) is 23.8 Å². The number of halogens is 1. The third kappa shape index (κ3) is 2.47. The van der Waals surface area contributed by atoms with Crippen molar-refractivity contribution in [1.29, 1.82) is 0 Å². The first-order valence-electron chi connectivity index (χ1n) is 5.64. The molecular weight excluding hydrogens is 259 g/mol. The summed E-state index contributed by atoms with van der Waals surface area (Å²) in [4.78, 5) is -0.0831. The molecule has 0 radical (unpaired) electrons. The van der Waals surface area contributed by atoms with Crippen molar-refractivity contribution >= 4 is 15.7 Å². The maximum Gasteiger partial charge on any atom is 0.245 e. The Morgan fingerprint density at radius 1 is 1.33 bits per heavy atom. The summed E-state index contributed by atoms with van der Waals surface area (Å²) in [6.45, 7) is 0.501. The molecule has 1 saturated heterocycles. The second kappa shape index (κ2) is 4.83. The van der Waals surface area contributed by atoms with Crippen molar-refractivity contribution in [3.63, 3.8) is 0 Å². The van der Waals surface area contributed by atoms with Gasteiger partial charge in [-0.05, 0) is 31.0 Å². The van der Waals surface area contributed by atoms with E-state index in [1.807, 2.05) is 0 Å². The van der Waals surface area contributed by atoms with E-state index in [-0.39, 0.29) is 23.7 Å². The van der Waals surface area contributed by atoms with E-state index in [1.54, 1.807) is 0 Å². The number of piperidine rings is 1. The van der Waals surface area contributed by atoms with Crippen molar-refractivity contribution in [2.75, 3.05) is 18.8 Å². The molecule has 1 aliphatic rings. The summed E-state index contributed by atoms with van der Waals surface area (Å²) >= 11 is 0. The highest BCUT2D eigenvalue weighted by Gasteiger charge is 2.30. The molecule has 5 nitrogen and oxygen atoms in total. The van der Waals surface area contributed by atoms with E-state index < -0.39 is 21.9 Å². The highest BCUT2D eigenvalue weighted by Crippen LogP contribution is 2.25. The van der Waals surface area contributed by atoms with E-state index in [4.69, 9.17) is 5.73 Å². The van der Waals surface area contributed by atoms with Crippen molar-refractivity contribution in [3.05, 3.63) is 24.0 Å². The van der Waals surface area contributed by atoms with Crippen LogP contribution in [0.5, 0.6) is 0 Å². The Kier molecular flexibility index (Phi) is 3.56. The number of rotatable bonds is 2. The highest BCUT2D eigenvalue weighted by molar-refractivity contribution is 7.89. The van der Waals surface area contributed by atoms with Gasteiger partial charge in [-0.15, -0.1) is 0 Å². The Hall–Kier alpha value is -1.18. The van der Waals surface area contributed by atoms with Gasteiger partial charge >= 0.3 is 0 Å². The van der Waals surface area contributed by atoms with Gasteiger partial charge in [-0.2, -0.15) is 4.31 Å². The molecule has 0 unspecified atom stereocenters. The van der Waals surface area contributed by atoms with Crippen LogP contribution in [0, 0.1) is 5.82 Å². The first-order chi connectivity index (χ1) is 8.41. The van der Waals surface area contributed by atoms with E-state index >= 15 is 0 Å². The van der Waals surface area contributed by atoms with Crippen LogP contribution in [-0.4, -0.2) is 37.0 Å². The van der Waals surface area contributed by atoms with Crippen LogP contribution in [-0.2, 0) is 10.0 Å². The molecule has 0 saturated carbocycles.